The van der Waals surface area contributed by atoms with Gasteiger partial charge in [-0.15, -0.1) is 11.3 Å². The molecule has 0 radical (unpaired) electrons. The molecule has 0 fully saturated rings. The molecule has 96 valence electrons. The van der Waals surface area contributed by atoms with Crippen LogP contribution in [0.5, 0.6) is 0 Å². The van der Waals surface area contributed by atoms with Gasteiger partial charge in [0.05, 0.1) is 9.47 Å². The predicted octanol–water partition coefficient (Wildman–Crippen LogP) is 3.76. The minimum atomic E-state index is -3.66. The molecule has 1 aromatic heterocycles. The second-order valence-electron chi connectivity index (χ2n) is 3.64. The van der Waals surface area contributed by atoms with Crippen molar-refractivity contribution in [2.45, 2.75) is 11.1 Å². The van der Waals surface area contributed by atoms with Crippen LogP contribution in [0.3, 0.4) is 0 Å². The number of nitrogens with one attached hydrogen (secondary N) is 1. The van der Waals surface area contributed by atoms with E-state index in [1.54, 1.807) is 6.07 Å². The molecule has 1 aromatic carbocycles. The largest absolute Gasteiger partial charge is 0.279 e. The lowest BCUT2D eigenvalue weighted by Gasteiger charge is -2.05. The van der Waals surface area contributed by atoms with Gasteiger partial charge in [-0.05, 0) is 52.7 Å². The molecule has 0 aliphatic heterocycles. The molecule has 7 heteroatoms. The van der Waals surface area contributed by atoms with E-state index in [-0.39, 0.29) is 9.90 Å². The van der Waals surface area contributed by atoms with Gasteiger partial charge in [0, 0.05) is 0 Å². The van der Waals surface area contributed by atoms with Crippen LogP contribution >= 0.6 is 27.3 Å². The monoisotopic (exact) mass is 349 g/mol. The van der Waals surface area contributed by atoms with Crippen molar-refractivity contribution in [3.63, 3.8) is 0 Å². The Labute approximate surface area is 117 Å². The first-order valence-corrected chi connectivity index (χ1v) is 8.02. The van der Waals surface area contributed by atoms with Crippen molar-refractivity contribution < 1.29 is 12.8 Å². The van der Waals surface area contributed by atoms with E-state index < -0.39 is 15.8 Å². The molecule has 1 N–H and O–H groups in total. The zero-order valence-electron chi connectivity index (χ0n) is 9.28. The number of anilines is 1. The number of hydrogen-bond donors (Lipinski definition) is 1. The van der Waals surface area contributed by atoms with E-state index in [0.717, 1.165) is 26.8 Å². The summed E-state index contributed by atoms with van der Waals surface area (Å²) in [5, 5.41) is 0. The number of halogens is 2. The van der Waals surface area contributed by atoms with Crippen LogP contribution < -0.4 is 4.72 Å². The standard InChI is InChI=1S/C11H9BrFNO2S2/c1-7-5-10(17-11(7)12)18(15,16)14-9-4-2-3-8(13)6-9/h2-6,14H,1H3. The summed E-state index contributed by atoms with van der Waals surface area (Å²) < 4.78 is 40.3. The van der Waals surface area contributed by atoms with Gasteiger partial charge >= 0.3 is 0 Å². The molecule has 0 aliphatic rings. The summed E-state index contributed by atoms with van der Waals surface area (Å²) in [6.45, 7) is 1.81. The fraction of sp³-hybridized carbons (Fsp3) is 0.0909. The number of rotatable bonds is 3. The Kier molecular flexibility index (Phi) is 3.74. The Morgan fingerprint density at radius 1 is 1.33 bits per heavy atom. The molecule has 0 bridgehead atoms. The summed E-state index contributed by atoms with van der Waals surface area (Å²) in [7, 11) is -3.66. The predicted molar refractivity (Wildman–Crippen MR) is 74.0 cm³/mol. The van der Waals surface area contributed by atoms with Crippen LogP contribution in [0.15, 0.2) is 38.3 Å². The molecule has 1 heterocycles. The summed E-state index contributed by atoms with van der Waals surface area (Å²) in [6.07, 6.45) is 0. The van der Waals surface area contributed by atoms with E-state index in [4.69, 9.17) is 0 Å². The first-order chi connectivity index (χ1) is 8.38. The minimum Gasteiger partial charge on any atom is -0.279 e. The third kappa shape index (κ3) is 2.90. The van der Waals surface area contributed by atoms with Crippen molar-refractivity contribution in [3.8, 4) is 0 Å². The quantitative estimate of drug-likeness (QED) is 0.916. The Balaban J connectivity index is 2.33. The second kappa shape index (κ2) is 4.99. The van der Waals surface area contributed by atoms with Crippen molar-refractivity contribution in [1.82, 2.24) is 0 Å². The van der Waals surface area contributed by atoms with Crippen LogP contribution in [0, 0.1) is 12.7 Å². The summed E-state index contributed by atoms with van der Waals surface area (Å²) in [6, 6.07) is 6.89. The molecule has 0 saturated carbocycles. The Bertz CT molecular complexity index is 663. The maximum atomic E-state index is 13.0. The Morgan fingerprint density at radius 3 is 2.61 bits per heavy atom. The molecule has 2 rings (SSSR count). The van der Waals surface area contributed by atoms with Gasteiger partial charge in [-0.25, -0.2) is 12.8 Å². The van der Waals surface area contributed by atoms with Gasteiger partial charge in [0.15, 0.2) is 0 Å². The van der Waals surface area contributed by atoms with Gasteiger partial charge in [0.25, 0.3) is 10.0 Å². The molecular weight excluding hydrogens is 341 g/mol. The molecular formula is C11H9BrFNO2S2. The van der Waals surface area contributed by atoms with Crippen molar-refractivity contribution in [2.75, 3.05) is 4.72 Å². The number of sulfonamides is 1. The lowest BCUT2D eigenvalue weighted by atomic mass is 10.3. The van der Waals surface area contributed by atoms with Gasteiger partial charge in [-0.3, -0.25) is 4.72 Å². The highest BCUT2D eigenvalue weighted by Gasteiger charge is 2.18. The minimum absolute atomic E-state index is 0.191. The molecule has 0 unspecified atom stereocenters. The van der Waals surface area contributed by atoms with Crippen LogP contribution in [-0.4, -0.2) is 8.42 Å². The van der Waals surface area contributed by atoms with Crippen molar-refractivity contribution in [1.29, 1.82) is 0 Å². The van der Waals surface area contributed by atoms with Crippen LogP contribution in [0.25, 0.3) is 0 Å². The summed E-state index contributed by atoms with van der Waals surface area (Å²) in [4.78, 5) is 0. The lowest BCUT2D eigenvalue weighted by molar-refractivity contribution is 0.603. The Morgan fingerprint density at radius 2 is 2.06 bits per heavy atom. The SMILES string of the molecule is Cc1cc(S(=O)(=O)Nc2cccc(F)c2)sc1Br. The zero-order chi connectivity index (χ0) is 13.3. The van der Waals surface area contributed by atoms with Crippen molar-refractivity contribution >= 4 is 43.0 Å². The van der Waals surface area contributed by atoms with E-state index in [9.17, 15) is 12.8 Å². The summed E-state index contributed by atoms with van der Waals surface area (Å²) >= 11 is 4.39. The third-order valence-corrected chi connectivity index (χ3v) is 6.17. The van der Waals surface area contributed by atoms with Crippen LogP contribution in [0.2, 0.25) is 0 Å². The molecule has 0 atom stereocenters. The average molecular weight is 350 g/mol. The number of benzene rings is 1. The van der Waals surface area contributed by atoms with Gasteiger partial charge in [-0.1, -0.05) is 6.07 Å². The van der Waals surface area contributed by atoms with E-state index in [1.165, 1.54) is 18.2 Å². The average Bonchev–Trinajstić information content (AvgIpc) is 2.59. The zero-order valence-corrected chi connectivity index (χ0v) is 12.5. The number of hydrogen-bond acceptors (Lipinski definition) is 3. The van der Waals surface area contributed by atoms with Gasteiger partial charge in [0.2, 0.25) is 0 Å². The van der Waals surface area contributed by atoms with E-state index in [0.29, 0.717) is 0 Å². The van der Waals surface area contributed by atoms with Gasteiger partial charge in [-0.2, -0.15) is 0 Å². The molecule has 0 spiro atoms. The maximum Gasteiger partial charge on any atom is 0.271 e. The maximum absolute atomic E-state index is 13.0. The van der Waals surface area contributed by atoms with Crippen LogP contribution in [0.1, 0.15) is 5.56 Å². The van der Waals surface area contributed by atoms with Gasteiger partial charge in [0.1, 0.15) is 10.0 Å². The fourth-order valence-corrected chi connectivity index (χ4v) is 4.60. The van der Waals surface area contributed by atoms with Crippen molar-refractivity contribution in [2.24, 2.45) is 0 Å². The van der Waals surface area contributed by atoms with Crippen molar-refractivity contribution in [3.05, 3.63) is 45.5 Å². The number of thiophene rings is 1. The number of aryl methyl sites for hydroxylation is 1. The second-order valence-corrected chi connectivity index (χ2v) is 7.92. The van der Waals surface area contributed by atoms with E-state index >= 15 is 0 Å². The molecule has 0 saturated heterocycles. The molecule has 0 amide bonds. The summed E-state index contributed by atoms with van der Waals surface area (Å²) in [5.41, 5.74) is 1.05. The highest BCUT2D eigenvalue weighted by molar-refractivity contribution is 9.11. The Hall–Kier alpha value is -0.920. The van der Waals surface area contributed by atoms with E-state index in [1.807, 2.05) is 6.92 Å². The van der Waals surface area contributed by atoms with Gasteiger partial charge < -0.3 is 0 Å². The normalized spacial score (nSPS) is 11.5. The first kappa shape index (κ1) is 13.5. The molecule has 3 nitrogen and oxygen atoms in total. The first-order valence-electron chi connectivity index (χ1n) is 4.93. The fourth-order valence-electron chi connectivity index (χ4n) is 1.32. The highest BCUT2D eigenvalue weighted by atomic mass is 79.9. The molecule has 2 aromatic rings. The third-order valence-electron chi connectivity index (χ3n) is 2.18. The molecule has 0 aliphatic carbocycles. The summed E-state index contributed by atoms with van der Waals surface area (Å²) in [5.74, 6) is -0.487. The van der Waals surface area contributed by atoms with Crippen LogP contribution in [0.4, 0.5) is 10.1 Å². The van der Waals surface area contributed by atoms with Crippen LogP contribution in [-0.2, 0) is 10.0 Å². The topological polar surface area (TPSA) is 46.2 Å². The highest BCUT2D eigenvalue weighted by Crippen LogP contribution is 2.31. The molecule has 18 heavy (non-hydrogen) atoms. The van der Waals surface area contributed by atoms with E-state index in [2.05, 4.69) is 20.7 Å². The smallest absolute Gasteiger partial charge is 0.271 e. The lowest BCUT2D eigenvalue weighted by Crippen LogP contribution is -2.11.